The van der Waals surface area contributed by atoms with Crippen molar-refractivity contribution < 1.29 is 19.1 Å². The van der Waals surface area contributed by atoms with Crippen LogP contribution in [0, 0.1) is 6.92 Å². The Bertz CT molecular complexity index is 825. The zero-order valence-corrected chi connectivity index (χ0v) is 15.3. The molecule has 2 N–H and O–H groups in total. The number of amides is 2. The molecule has 0 spiro atoms. The van der Waals surface area contributed by atoms with E-state index in [0.29, 0.717) is 27.2 Å². The van der Waals surface area contributed by atoms with Crippen LogP contribution in [-0.2, 0) is 9.59 Å². The van der Waals surface area contributed by atoms with Crippen molar-refractivity contribution in [1.82, 2.24) is 0 Å². The van der Waals surface area contributed by atoms with Crippen LogP contribution in [-0.4, -0.2) is 26.0 Å². The summed E-state index contributed by atoms with van der Waals surface area (Å²) in [5.41, 5.74) is 1.49. The number of benzene rings is 2. The van der Waals surface area contributed by atoms with Crippen molar-refractivity contribution in [3.05, 3.63) is 45.9 Å². The van der Waals surface area contributed by atoms with Crippen LogP contribution in [0.2, 0.25) is 10.0 Å². The normalized spacial score (nSPS) is 10.1. The SMILES string of the molecule is COc1cc(NC(=O)C(=O)Nc2ccc(Cl)cc2C)c(OC)cc1Cl. The van der Waals surface area contributed by atoms with Crippen molar-refractivity contribution in [1.29, 1.82) is 0 Å². The van der Waals surface area contributed by atoms with Gasteiger partial charge in [-0.1, -0.05) is 23.2 Å². The van der Waals surface area contributed by atoms with E-state index < -0.39 is 11.8 Å². The van der Waals surface area contributed by atoms with Gasteiger partial charge in [0.25, 0.3) is 0 Å². The van der Waals surface area contributed by atoms with E-state index in [1.807, 2.05) is 0 Å². The third kappa shape index (κ3) is 4.55. The number of aryl methyl sites for hydroxylation is 1. The molecule has 0 bridgehead atoms. The number of methoxy groups -OCH3 is 2. The highest BCUT2D eigenvalue weighted by molar-refractivity contribution is 6.44. The first-order valence-electron chi connectivity index (χ1n) is 7.15. The van der Waals surface area contributed by atoms with E-state index in [9.17, 15) is 9.59 Å². The molecule has 0 heterocycles. The first kappa shape index (κ1) is 18.9. The van der Waals surface area contributed by atoms with E-state index in [2.05, 4.69) is 10.6 Å². The van der Waals surface area contributed by atoms with Crippen LogP contribution in [0.3, 0.4) is 0 Å². The summed E-state index contributed by atoms with van der Waals surface area (Å²) in [6, 6.07) is 7.88. The predicted molar refractivity (Wildman–Crippen MR) is 98.0 cm³/mol. The van der Waals surface area contributed by atoms with Crippen LogP contribution in [0.4, 0.5) is 11.4 Å². The molecule has 0 atom stereocenters. The van der Waals surface area contributed by atoms with Crippen LogP contribution in [0.15, 0.2) is 30.3 Å². The summed E-state index contributed by atoms with van der Waals surface area (Å²) < 4.78 is 10.3. The predicted octanol–water partition coefficient (Wildman–Crippen LogP) is 3.90. The summed E-state index contributed by atoms with van der Waals surface area (Å²) in [6.45, 7) is 1.77. The lowest BCUT2D eigenvalue weighted by Crippen LogP contribution is -2.29. The Morgan fingerprint density at radius 2 is 1.48 bits per heavy atom. The van der Waals surface area contributed by atoms with Gasteiger partial charge < -0.3 is 20.1 Å². The highest BCUT2D eigenvalue weighted by Crippen LogP contribution is 2.35. The molecule has 0 aliphatic rings. The van der Waals surface area contributed by atoms with Crippen molar-refractivity contribution in [3.8, 4) is 11.5 Å². The van der Waals surface area contributed by atoms with Crippen molar-refractivity contribution in [2.75, 3.05) is 24.9 Å². The van der Waals surface area contributed by atoms with Crippen molar-refractivity contribution in [3.63, 3.8) is 0 Å². The number of carbonyl (C=O) groups is 2. The van der Waals surface area contributed by atoms with Crippen LogP contribution in [0.5, 0.6) is 11.5 Å². The minimum atomic E-state index is -0.864. The molecule has 0 saturated carbocycles. The Hall–Kier alpha value is -2.44. The van der Waals surface area contributed by atoms with Gasteiger partial charge >= 0.3 is 11.8 Å². The minimum absolute atomic E-state index is 0.261. The molecule has 0 aliphatic heterocycles. The Balaban J connectivity index is 2.17. The van der Waals surface area contributed by atoms with Gasteiger partial charge in [-0.25, -0.2) is 0 Å². The molecule has 0 unspecified atom stereocenters. The maximum atomic E-state index is 12.2. The third-order valence-electron chi connectivity index (χ3n) is 3.37. The molecular formula is C17H16Cl2N2O4. The number of ether oxygens (including phenoxy) is 2. The zero-order valence-electron chi connectivity index (χ0n) is 13.8. The second kappa shape index (κ2) is 8.09. The Kier molecular flexibility index (Phi) is 6.12. The highest BCUT2D eigenvalue weighted by Gasteiger charge is 2.18. The second-order valence-electron chi connectivity index (χ2n) is 5.05. The monoisotopic (exact) mass is 382 g/mol. The maximum absolute atomic E-state index is 12.2. The lowest BCUT2D eigenvalue weighted by Gasteiger charge is -2.13. The van der Waals surface area contributed by atoms with Gasteiger partial charge in [0.05, 0.1) is 24.9 Å². The smallest absolute Gasteiger partial charge is 0.314 e. The number of hydrogen-bond donors (Lipinski definition) is 2. The molecule has 0 aromatic heterocycles. The van der Waals surface area contributed by atoms with Gasteiger partial charge in [0.15, 0.2) is 0 Å². The van der Waals surface area contributed by atoms with E-state index in [0.717, 1.165) is 5.56 Å². The molecular weight excluding hydrogens is 367 g/mol. The number of anilines is 2. The first-order valence-corrected chi connectivity index (χ1v) is 7.91. The van der Waals surface area contributed by atoms with Crippen LogP contribution in [0.25, 0.3) is 0 Å². The van der Waals surface area contributed by atoms with E-state index in [1.54, 1.807) is 25.1 Å². The molecule has 8 heteroatoms. The van der Waals surface area contributed by atoms with Crippen LogP contribution in [0.1, 0.15) is 5.56 Å². The number of hydrogen-bond acceptors (Lipinski definition) is 4. The summed E-state index contributed by atoms with van der Waals surface area (Å²) >= 11 is 11.9. The summed E-state index contributed by atoms with van der Waals surface area (Å²) in [6.07, 6.45) is 0. The van der Waals surface area contributed by atoms with Gasteiger partial charge in [0.1, 0.15) is 11.5 Å². The van der Waals surface area contributed by atoms with E-state index in [1.165, 1.54) is 26.4 Å². The number of rotatable bonds is 4. The fourth-order valence-electron chi connectivity index (χ4n) is 2.08. The maximum Gasteiger partial charge on any atom is 0.314 e. The third-order valence-corrected chi connectivity index (χ3v) is 3.90. The molecule has 0 saturated heterocycles. The molecule has 6 nitrogen and oxygen atoms in total. The van der Waals surface area contributed by atoms with Gasteiger partial charge in [-0.2, -0.15) is 0 Å². The number of carbonyl (C=O) groups excluding carboxylic acids is 2. The zero-order chi connectivity index (χ0) is 18.6. The van der Waals surface area contributed by atoms with Crippen molar-refractivity contribution in [2.45, 2.75) is 6.92 Å². The van der Waals surface area contributed by atoms with Crippen molar-refractivity contribution >= 4 is 46.4 Å². The quantitative estimate of drug-likeness (QED) is 0.786. The van der Waals surface area contributed by atoms with Crippen LogP contribution >= 0.6 is 23.2 Å². The summed E-state index contributed by atoms with van der Waals surface area (Å²) in [7, 11) is 2.86. The Labute approximate surface area is 155 Å². The fraction of sp³-hybridized carbons (Fsp3) is 0.176. The van der Waals surface area contributed by atoms with Gasteiger partial charge in [-0.05, 0) is 30.7 Å². The van der Waals surface area contributed by atoms with Gasteiger partial charge in [0.2, 0.25) is 0 Å². The van der Waals surface area contributed by atoms with Gasteiger partial charge in [0, 0.05) is 22.8 Å². The summed E-state index contributed by atoms with van der Waals surface area (Å²) in [5.74, 6) is -1.06. The molecule has 2 rings (SSSR count). The average Bonchev–Trinajstić information content (AvgIpc) is 2.58. The topological polar surface area (TPSA) is 76.7 Å². The van der Waals surface area contributed by atoms with Gasteiger partial charge in [-0.15, -0.1) is 0 Å². The summed E-state index contributed by atoms with van der Waals surface area (Å²) in [4.78, 5) is 24.3. The van der Waals surface area contributed by atoms with E-state index >= 15 is 0 Å². The van der Waals surface area contributed by atoms with Gasteiger partial charge in [-0.3, -0.25) is 9.59 Å². The second-order valence-corrected chi connectivity index (χ2v) is 5.90. The standard InChI is InChI=1S/C17H16Cl2N2O4/c1-9-6-10(18)4-5-12(9)20-16(22)17(23)21-13-8-14(24-2)11(19)7-15(13)25-3/h4-8H,1-3H3,(H,20,22)(H,21,23). The van der Waals surface area contributed by atoms with Crippen molar-refractivity contribution in [2.24, 2.45) is 0 Å². The van der Waals surface area contributed by atoms with E-state index in [-0.39, 0.29) is 5.69 Å². The van der Waals surface area contributed by atoms with Crippen LogP contribution < -0.4 is 20.1 Å². The number of halogens is 2. The minimum Gasteiger partial charge on any atom is -0.495 e. The Morgan fingerprint density at radius 3 is 2.04 bits per heavy atom. The molecule has 25 heavy (non-hydrogen) atoms. The molecule has 2 amide bonds. The largest absolute Gasteiger partial charge is 0.495 e. The lowest BCUT2D eigenvalue weighted by molar-refractivity contribution is -0.133. The molecule has 0 radical (unpaired) electrons. The average molecular weight is 383 g/mol. The Morgan fingerprint density at radius 1 is 0.880 bits per heavy atom. The molecule has 2 aromatic rings. The summed E-state index contributed by atoms with van der Waals surface area (Å²) in [5, 5.41) is 5.86. The lowest BCUT2D eigenvalue weighted by atomic mass is 10.2. The molecule has 0 fully saturated rings. The first-order chi connectivity index (χ1) is 11.8. The molecule has 0 aliphatic carbocycles. The molecule has 132 valence electrons. The highest BCUT2D eigenvalue weighted by atomic mass is 35.5. The molecule has 2 aromatic carbocycles. The fourth-order valence-corrected chi connectivity index (χ4v) is 2.54. The van der Waals surface area contributed by atoms with E-state index in [4.69, 9.17) is 32.7 Å². The number of nitrogens with one attached hydrogen (secondary N) is 2.